The van der Waals surface area contributed by atoms with Crippen molar-refractivity contribution in [3.8, 4) is 22.8 Å². The quantitative estimate of drug-likeness (QED) is 0.315. The molecular weight excluding hydrogens is 458 g/mol. The van der Waals surface area contributed by atoms with Crippen molar-refractivity contribution in [3.05, 3.63) is 82.3 Å². The van der Waals surface area contributed by atoms with Crippen LogP contribution in [0, 0.1) is 0 Å². The lowest BCUT2D eigenvalue weighted by Gasteiger charge is -2.14. The number of carboxylic acid groups (broad SMARTS) is 1. The van der Waals surface area contributed by atoms with Gasteiger partial charge in [0, 0.05) is 20.9 Å². The largest absolute Gasteiger partial charge is 0.490 e. The molecule has 0 radical (unpaired) electrons. The number of carboxylic acids is 1. The molecule has 0 aliphatic carbocycles. The average molecular weight is 480 g/mol. The number of nitrogens with one attached hydrogen (secondary N) is 1. The summed E-state index contributed by atoms with van der Waals surface area (Å²) in [7, 11) is 0. The van der Waals surface area contributed by atoms with Crippen molar-refractivity contribution in [1.29, 1.82) is 0 Å². The molecule has 0 aliphatic rings. The summed E-state index contributed by atoms with van der Waals surface area (Å²) in [5.41, 5.74) is 4.31. The first-order chi connectivity index (χ1) is 15.0. The Hall–Kier alpha value is -3.25. The molecular formula is C25H22BrNO4. The number of carbonyl (C=O) groups is 1. The van der Waals surface area contributed by atoms with Crippen molar-refractivity contribution < 1.29 is 19.4 Å². The monoisotopic (exact) mass is 479 g/mol. The molecule has 0 spiro atoms. The second-order valence-corrected chi connectivity index (χ2v) is 8.02. The highest BCUT2D eigenvalue weighted by Crippen LogP contribution is 2.37. The van der Waals surface area contributed by atoms with Crippen molar-refractivity contribution in [1.82, 2.24) is 4.98 Å². The van der Waals surface area contributed by atoms with E-state index in [4.69, 9.17) is 9.47 Å². The van der Waals surface area contributed by atoms with Crippen LogP contribution in [0.4, 0.5) is 0 Å². The zero-order chi connectivity index (χ0) is 21.8. The Morgan fingerprint density at radius 1 is 1.00 bits per heavy atom. The molecule has 0 amide bonds. The first-order valence-electron chi connectivity index (χ1n) is 10.0. The topological polar surface area (TPSA) is 71.6 Å². The number of aliphatic carboxylic acids is 1. The van der Waals surface area contributed by atoms with E-state index in [0.717, 1.165) is 37.8 Å². The van der Waals surface area contributed by atoms with E-state index in [-0.39, 0.29) is 6.42 Å². The summed E-state index contributed by atoms with van der Waals surface area (Å²) < 4.78 is 12.7. The summed E-state index contributed by atoms with van der Waals surface area (Å²) >= 11 is 3.48. The fraction of sp³-hybridized carbons (Fsp3) is 0.160. The Kier molecular flexibility index (Phi) is 6.28. The summed E-state index contributed by atoms with van der Waals surface area (Å²) in [5, 5.41) is 10.4. The minimum atomic E-state index is -0.880. The highest BCUT2D eigenvalue weighted by atomic mass is 79.9. The maximum Gasteiger partial charge on any atom is 0.307 e. The molecule has 5 nitrogen and oxygen atoms in total. The van der Waals surface area contributed by atoms with E-state index in [1.165, 1.54) is 0 Å². The van der Waals surface area contributed by atoms with E-state index in [9.17, 15) is 9.90 Å². The van der Waals surface area contributed by atoms with Crippen molar-refractivity contribution in [2.24, 2.45) is 0 Å². The van der Waals surface area contributed by atoms with Gasteiger partial charge in [-0.15, -0.1) is 0 Å². The third-order valence-corrected chi connectivity index (χ3v) is 5.46. The second-order valence-electron chi connectivity index (χ2n) is 7.11. The van der Waals surface area contributed by atoms with Gasteiger partial charge in [0.05, 0.1) is 18.7 Å². The maximum atomic E-state index is 11.6. The molecule has 2 N–H and O–H groups in total. The predicted octanol–water partition coefficient (Wildman–Crippen LogP) is 6.20. The van der Waals surface area contributed by atoms with E-state index in [1.54, 1.807) is 0 Å². The van der Waals surface area contributed by atoms with Crippen LogP contribution in [-0.2, 0) is 17.8 Å². The van der Waals surface area contributed by atoms with Crippen LogP contribution in [0.25, 0.3) is 22.2 Å². The van der Waals surface area contributed by atoms with Crippen molar-refractivity contribution in [3.63, 3.8) is 0 Å². The molecule has 1 aromatic heterocycles. The Morgan fingerprint density at radius 2 is 1.81 bits per heavy atom. The number of aromatic amines is 1. The lowest BCUT2D eigenvalue weighted by Crippen LogP contribution is -2.02. The zero-order valence-corrected chi connectivity index (χ0v) is 18.6. The predicted molar refractivity (Wildman–Crippen MR) is 125 cm³/mol. The van der Waals surface area contributed by atoms with Crippen molar-refractivity contribution in [2.45, 2.75) is 20.0 Å². The average Bonchev–Trinajstić information content (AvgIpc) is 3.11. The van der Waals surface area contributed by atoms with Crippen LogP contribution in [0.1, 0.15) is 18.1 Å². The SMILES string of the molecule is CCOc1cc(-c2[nH]c3ccc(Br)cc3c2CC(=O)O)ccc1OCc1ccccc1. The van der Waals surface area contributed by atoms with Gasteiger partial charge in [0.25, 0.3) is 0 Å². The van der Waals surface area contributed by atoms with Gasteiger partial charge in [-0.1, -0.05) is 46.3 Å². The number of rotatable bonds is 8. The molecule has 1 heterocycles. The minimum absolute atomic E-state index is 0.0813. The van der Waals surface area contributed by atoms with Gasteiger partial charge in [-0.05, 0) is 54.4 Å². The first-order valence-corrected chi connectivity index (χ1v) is 10.8. The molecule has 4 aromatic rings. The Bertz CT molecular complexity index is 1220. The van der Waals surface area contributed by atoms with E-state index in [1.807, 2.05) is 73.7 Å². The molecule has 31 heavy (non-hydrogen) atoms. The van der Waals surface area contributed by atoms with Gasteiger partial charge < -0.3 is 19.6 Å². The molecule has 0 unspecified atom stereocenters. The lowest BCUT2D eigenvalue weighted by atomic mass is 10.0. The van der Waals surface area contributed by atoms with Crippen LogP contribution < -0.4 is 9.47 Å². The number of benzene rings is 3. The highest BCUT2D eigenvalue weighted by molar-refractivity contribution is 9.10. The molecule has 0 saturated heterocycles. The maximum absolute atomic E-state index is 11.6. The van der Waals surface area contributed by atoms with Gasteiger partial charge in [-0.3, -0.25) is 4.79 Å². The zero-order valence-electron chi connectivity index (χ0n) is 17.0. The number of hydrogen-bond donors (Lipinski definition) is 2. The number of halogens is 1. The molecule has 0 atom stereocenters. The lowest BCUT2D eigenvalue weighted by molar-refractivity contribution is -0.136. The van der Waals surface area contributed by atoms with Crippen LogP contribution in [0.15, 0.2) is 71.2 Å². The van der Waals surface area contributed by atoms with Crippen LogP contribution in [-0.4, -0.2) is 22.7 Å². The number of fused-ring (bicyclic) bond motifs is 1. The fourth-order valence-corrected chi connectivity index (χ4v) is 3.95. The summed E-state index contributed by atoms with van der Waals surface area (Å²) in [4.78, 5) is 14.9. The molecule has 158 valence electrons. The summed E-state index contributed by atoms with van der Waals surface area (Å²) in [6.45, 7) is 2.85. The second kappa shape index (κ2) is 9.27. The number of H-pyrrole nitrogens is 1. The third-order valence-electron chi connectivity index (χ3n) is 4.97. The molecule has 0 fully saturated rings. The fourth-order valence-electron chi connectivity index (χ4n) is 3.59. The number of hydrogen-bond acceptors (Lipinski definition) is 3. The summed E-state index contributed by atoms with van der Waals surface area (Å²) in [6.07, 6.45) is -0.0813. The third kappa shape index (κ3) is 4.75. The van der Waals surface area contributed by atoms with Crippen LogP contribution >= 0.6 is 15.9 Å². The minimum Gasteiger partial charge on any atom is -0.490 e. The Balaban J connectivity index is 1.73. The molecule has 6 heteroatoms. The molecule has 4 rings (SSSR count). The summed E-state index contributed by atoms with van der Waals surface area (Å²) in [5.74, 6) is 0.389. The molecule has 3 aromatic carbocycles. The van der Waals surface area contributed by atoms with Gasteiger partial charge in [0.15, 0.2) is 11.5 Å². The van der Waals surface area contributed by atoms with Crippen LogP contribution in [0.2, 0.25) is 0 Å². The van der Waals surface area contributed by atoms with E-state index in [0.29, 0.717) is 24.7 Å². The number of ether oxygens (including phenoxy) is 2. The normalized spacial score (nSPS) is 10.9. The van der Waals surface area contributed by atoms with Crippen LogP contribution in [0.3, 0.4) is 0 Å². The van der Waals surface area contributed by atoms with Gasteiger partial charge in [0.1, 0.15) is 6.61 Å². The highest BCUT2D eigenvalue weighted by Gasteiger charge is 2.18. The molecule has 0 saturated carbocycles. The standard InChI is InChI=1S/C25H22BrNO4/c1-2-30-23-12-17(8-11-22(23)31-15-16-6-4-3-5-7-16)25-20(14-24(28)29)19-13-18(26)9-10-21(19)27-25/h3-13,27H,2,14-15H2,1H3,(H,28,29). The van der Waals surface area contributed by atoms with Gasteiger partial charge in [0.2, 0.25) is 0 Å². The Morgan fingerprint density at radius 3 is 2.55 bits per heavy atom. The van der Waals surface area contributed by atoms with E-state index >= 15 is 0 Å². The smallest absolute Gasteiger partial charge is 0.307 e. The molecule has 0 aliphatic heterocycles. The first kappa shape index (κ1) is 21.0. The van der Waals surface area contributed by atoms with Crippen molar-refractivity contribution >= 4 is 32.8 Å². The van der Waals surface area contributed by atoms with Gasteiger partial charge in [-0.2, -0.15) is 0 Å². The Labute approximate surface area is 188 Å². The van der Waals surface area contributed by atoms with Crippen LogP contribution in [0.5, 0.6) is 11.5 Å². The van der Waals surface area contributed by atoms with Gasteiger partial charge >= 0.3 is 5.97 Å². The summed E-state index contributed by atoms with van der Waals surface area (Å²) in [6, 6.07) is 21.4. The van der Waals surface area contributed by atoms with E-state index in [2.05, 4.69) is 20.9 Å². The molecule has 0 bridgehead atoms. The van der Waals surface area contributed by atoms with Crippen molar-refractivity contribution in [2.75, 3.05) is 6.61 Å². The number of aromatic nitrogens is 1. The van der Waals surface area contributed by atoms with Gasteiger partial charge in [-0.25, -0.2) is 0 Å². The van der Waals surface area contributed by atoms with E-state index < -0.39 is 5.97 Å².